The average Bonchev–Trinajstić information content (AvgIpc) is 3.26. The van der Waals surface area contributed by atoms with Gasteiger partial charge in [0.1, 0.15) is 0 Å². The second-order valence-corrected chi connectivity index (χ2v) is 19.5. The zero-order valence-corrected chi connectivity index (χ0v) is 37.1. The third-order valence-corrected chi connectivity index (χ3v) is 14.4. The van der Waals surface area contributed by atoms with Crippen LogP contribution in [-0.4, -0.2) is 8.80 Å². The van der Waals surface area contributed by atoms with Crippen LogP contribution in [0.5, 0.6) is 0 Å². The Kier molecular flexibility index (Phi) is 11.1. The molecular formula is C60H51Si. The number of hydrogen-bond donors (Lipinski definition) is 0. The predicted octanol–water partition coefficient (Wildman–Crippen LogP) is 14.1. The maximum absolute atomic E-state index is 2.50. The van der Waals surface area contributed by atoms with Gasteiger partial charge in [0.15, 0.2) is 8.80 Å². The summed E-state index contributed by atoms with van der Waals surface area (Å²) in [7, 11) is -1.71. The van der Waals surface area contributed by atoms with Crippen molar-refractivity contribution in [1.82, 2.24) is 0 Å². The van der Waals surface area contributed by atoms with Gasteiger partial charge >= 0.3 is 0 Å². The van der Waals surface area contributed by atoms with Gasteiger partial charge in [0.2, 0.25) is 0 Å². The molecule has 0 N–H and O–H groups in total. The third kappa shape index (κ3) is 8.90. The molecule has 0 spiro atoms. The van der Waals surface area contributed by atoms with Gasteiger partial charge in [-0.25, -0.2) is 0 Å². The molecule has 0 nitrogen and oxygen atoms in total. The van der Waals surface area contributed by atoms with Crippen molar-refractivity contribution in [2.75, 3.05) is 0 Å². The van der Waals surface area contributed by atoms with E-state index >= 15 is 0 Å². The molecule has 0 amide bonds. The lowest BCUT2D eigenvalue weighted by molar-refractivity contribution is 1.46. The van der Waals surface area contributed by atoms with Crippen LogP contribution in [0.3, 0.4) is 0 Å². The maximum Gasteiger partial charge on any atom is 0.154 e. The predicted molar refractivity (Wildman–Crippen MR) is 265 cm³/mol. The van der Waals surface area contributed by atoms with E-state index in [4.69, 9.17) is 0 Å². The molecule has 1 heteroatoms. The summed E-state index contributed by atoms with van der Waals surface area (Å²) in [6.45, 7) is 13.2. The van der Waals surface area contributed by atoms with E-state index < -0.39 is 8.80 Å². The third-order valence-electron chi connectivity index (χ3n) is 11.8. The molecule has 0 aromatic heterocycles. The summed E-state index contributed by atoms with van der Waals surface area (Å²) in [5.74, 6) is 0. The van der Waals surface area contributed by atoms with Crippen LogP contribution < -0.4 is 15.6 Å². The summed E-state index contributed by atoms with van der Waals surface area (Å²) in [5.41, 5.74) is 22.4. The molecule has 9 aromatic carbocycles. The minimum Gasteiger partial charge on any atom is -0.0614 e. The van der Waals surface area contributed by atoms with E-state index in [-0.39, 0.29) is 0 Å². The Labute approximate surface area is 364 Å². The Balaban J connectivity index is 1.39. The molecule has 0 heterocycles. The van der Waals surface area contributed by atoms with E-state index in [0.717, 1.165) is 0 Å². The second kappa shape index (κ2) is 17.1. The van der Waals surface area contributed by atoms with Crippen molar-refractivity contribution in [3.8, 4) is 66.8 Å². The molecular weight excluding hydrogens is 749 g/mol. The highest BCUT2D eigenvalue weighted by molar-refractivity contribution is 6.95. The zero-order valence-electron chi connectivity index (χ0n) is 36.1. The smallest absolute Gasteiger partial charge is 0.0614 e. The second-order valence-electron chi connectivity index (χ2n) is 17.0. The SMILES string of the molecule is Cc1cccc(-c2cc(-c3cccc(C)c3)cc([Si](c3cc(-c4cccc(C)c4)cc(-c4cccc(C)c4)c3)c3cc(-c4cccc(C)c4)cc(-c4cccc(C)c4)c3)c2)c1. The lowest BCUT2D eigenvalue weighted by atomic mass is 9.97. The van der Waals surface area contributed by atoms with Gasteiger partial charge in [0.05, 0.1) is 0 Å². The van der Waals surface area contributed by atoms with Crippen LogP contribution in [0.4, 0.5) is 0 Å². The molecule has 9 rings (SSSR count). The van der Waals surface area contributed by atoms with Crippen molar-refractivity contribution in [3.63, 3.8) is 0 Å². The molecule has 0 fully saturated rings. The fourth-order valence-corrected chi connectivity index (χ4v) is 11.6. The first-order valence-electron chi connectivity index (χ1n) is 21.4. The summed E-state index contributed by atoms with van der Waals surface area (Å²) in [6.07, 6.45) is 0. The van der Waals surface area contributed by atoms with Crippen molar-refractivity contribution >= 4 is 24.4 Å². The summed E-state index contributed by atoms with van der Waals surface area (Å²) in [5, 5.41) is 4.07. The van der Waals surface area contributed by atoms with Crippen LogP contribution in [0.1, 0.15) is 33.4 Å². The average molecular weight is 800 g/mol. The van der Waals surface area contributed by atoms with E-state index in [1.807, 2.05) is 0 Å². The highest BCUT2D eigenvalue weighted by atomic mass is 28.3. The molecule has 0 aliphatic heterocycles. The summed E-state index contributed by atoms with van der Waals surface area (Å²) >= 11 is 0. The summed E-state index contributed by atoms with van der Waals surface area (Å²) in [4.78, 5) is 0. The zero-order chi connectivity index (χ0) is 42.0. The summed E-state index contributed by atoms with van der Waals surface area (Å²) in [6, 6.07) is 76.0. The van der Waals surface area contributed by atoms with Gasteiger partial charge < -0.3 is 0 Å². The van der Waals surface area contributed by atoms with Gasteiger partial charge in [-0.3, -0.25) is 0 Å². The van der Waals surface area contributed by atoms with Crippen LogP contribution in [0.25, 0.3) is 66.8 Å². The topological polar surface area (TPSA) is 0 Å². The van der Waals surface area contributed by atoms with E-state index in [2.05, 4.69) is 242 Å². The molecule has 0 atom stereocenters. The number of rotatable bonds is 9. The van der Waals surface area contributed by atoms with Gasteiger partial charge in [0, 0.05) is 0 Å². The standard InChI is InChI=1S/C60H51Si/c1-40-13-7-19-46(25-40)52-31-53(47-20-8-14-41(2)26-47)35-58(34-52)61(59-36-54(48-21-9-15-42(3)27-48)32-55(37-59)49-22-10-16-43(4)28-49)60-38-56(50-23-11-17-44(5)29-50)33-57(39-60)51-24-12-18-45(6)30-51/h7-39H,1-6H3. The fraction of sp³-hybridized carbons (Fsp3) is 0.100. The number of aryl methyl sites for hydroxylation is 6. The Morgan fingerprint density at radius 2 is 0.377 bits per heavy atom. The highest BCUT2D eigenvalue weighted by Gasteiger charge is 2.25. The van der Waals surface area contributed by atoms with Crippen molar-refractivity contribution < 1.29 is 0 Å². The van der Waals surface area contributed by atoms with E-state index in [0.29, 0.717) is 0 Å². The molecule has 295 valence electrons. The van der Waals surface area contributed by atoms with Crippen molar-refractivity contribution in [1.29, 1.82) is 0 Å². The lowest BCUT2D eigenvalue weighted by Gasteiger charge is -2.23. The van der Waals surface area contributed by atoms with Crippen LogP contribution in [0.15, 0.2) is 200 Å². The van der Waals surface area contributed by atoms with Crippen LogP contribution in [0, 0.1) is 41.5 Å². The molecule has 0 saturated carbocycles. The number of hydrogen-bond acceptors (Lipinski definition) is 0. The molecule has 9 aromatic rings. The normalized spacial score (nSPS) is 11.3. The largest absolute Gasteiger partial charge is 0.154 e. The first-order valence-corrected chi connectivity index (χ1v) is 22.9. The van der Waals surface area contributed by atoms with Crippen LogP contribution >= 0.6 is 0 Å². The van der Waals surface area contributed by atoms with Gasteiger partial charge in [-0.05, 0) is 142 Å². The van der Waals surface area contributed by atoms with Gasteiger partial charge in [0.25, 0.3) is 0 Å². The molecule has 0 saturated heterocycles. The lowest BCUT2D eigenvalue weighted by Crippen LogP contribution is -2.52. The molecule has 0 aliphatic rings. The fourth-order valence-electron chi connectivity index (χ4n) is 8.76. The van der Waals surface area contributed by atoms with Gasteiger partial charge in [-0.1, -0.05) is 215 Å². The first-order chi connectivity index (χ1) is 29.6. The molecule has 1 radical (unpaired) electrons. The molecule has 0 bridgehead atoms. The summed E-state index contributed by atoms with van der Waals surface area (Å²) < 4.78 is 0. The maximum atomic E-state index is 2.50. The van der Waals surface area contributed by atoms with Gasteiger partial charge in [-0.2, -0.15) is 0 Å². The van der Waals surface area contributed by atoms with Crippen molar-refractivity contribution in [2.24, 2.45) is 0 Å². The molecule has 61 heavy (non-hydrogen) atoms. The Hall–Kier alpha value is -6.80. The Morgan fingerprint density at radius 3 is 0.541 bits per heavy atom. The van der Waals surface area contributed by atoms with E-state index in [1.54, 1.807) is 0 Å². The Morgan fingerprint density at radius 1 is 0.197 bits per heavy atom. The minimum atomic E-state index is -1.71. The Bertz CT molecular complexity index is 2540. The van der Waals surface area contributed by atoms with Crippen LogP contribution in [0.2, 0.25) is 0 Å². The van der Waals surface area contributed by atoms with E-state index in [1.165, 1.54) is 116 Å². The van der Waals surface area contributed by atoms with Crippen molar-refractivity contribution in [3.05, 3.63) is 234 Å². The highest BCUT2D eigenvalue weighted by Crippen LogP contribution is 2.32. The van der Waals surface area contributed by atoms with E-state index in [9.17, 15) is 0 Å². The molecule has 0 aliphatic carbocycles. The van der Waals surface area contributed by atoms with Gasteiger partial charge in [-0.15, -0.1) is 0 Å². The first kappa shape index (κ1) is 39.6. The monoisotopic (exact) mass is 799 g/mol. The van der Waals surface area contributed by atoms with Crippen LogP contribution in [-0.2, 0) is 0 Å². The molecule has 0 unspecified atom stereocenters. The minimum absolute atomic E-state index is 1.24. The quantitative estimate of drug-likeness (QED) is 0.101. The van der Waals surface area contributed by atoms with Crippen molar-refractivity contribution in [2.45, 2.75) is 41.5 Å². The number of benzene rings is 9.